The molecule has 0 bridgehead atoms. The number of halogens is 1. The molecule has 12 heavy (non-hydrogen) atoms. The lowest BCUT2D eigenvalue weighted by molar-refractivity contribution is 0.607. The molecule has 0 saturated heterocycles. The number of nitrogens with zero attached hydrogens (tertiary/aromatic N) is 2. The highest BCUT2D eigenvalue weighted by Gasteiger charge is 2.11. The molecular weight excluding hydrogens is 200 g/mol. The van der Waals surface area contributed by atoms with Gasteiger partial charge in [-0.2, -0.15) is 0 Å². The number of aryl methyl sites for hydroxylation is 1. The van der Waals surface area contributed by atoms with Gasteiger partial charge in [-0.25, -0.2) is 13.4 Å². The third-order valence-corrected chi connectivity index (χ3v) is 2.60. The molecule has 68 valence electrons. The van der Waals surface area contributed by atoms with E-state index in [1.165, 1.54) is 6.20 Å². The van der Waals surface area contributed by atoms with Crippen molar-refractivity contribution in [1.82, 2.24) is 9.55 Å². The van der Waals surface area contributed by atoms with Crippen LogP contribution < -0.4 is 0 Å². The second-order valence-electron chi connectivity index (χ2n) is 2.54. The minimum Gasteiger partial charge on any atom is -0.334 e. The number of imidazole rings is 1. The molecule has 0 saturated carbocycles. The molecule has 1 rings (SSSR count). The first-order valence-corrected chi connectivity index (χ1v) is 5.77. The Hall–Kier alpha value is -0.550. The molecule has 0 amide bonds. The van der Waals surface area contributed by atoms with Gasteiger partial charge in [-0.1, -0.05) is 0 Å². The van der Waals surface area contributed by atoms with E-state index in [0.29, 0.717) is 5.69 Å². The fourth-order valence-corrected chi connectivity index (χ4v) is 1.82. The Morgan fingerprint density at radius 1 is 1.67 bits per heavy atom. The maximum absolute atomic E-state index is 10.7. The first-order chi connectivity index (χ1) is 5.40. The lowest BCUT2D eigenvalue weighted by Gasteiger charge is -1.99. The molecule has 0 spiro atoms. The van der Waals surface area contributed by atoms with Gasteiger partial charge >= 0.3 is 0 Å². The van der Waals surface area contributed by atoms with Gasteiger partial charge in [-0.3, -0.25) is 0 Å². The largest absolute Gasteiger partial charge is 0.334 e. The molecule has 0 fully saturated rings. The smallest absolute Gasteiger partial charge is 0.238 e. The number of rotatable bonds is 2. The van der Waals surface area contributed by atoms with Crippen LogP contribution in [0.1, 0.15) is 11.5 Å². The van der Waals surface area contributed by atoms with Gasteiger partial charge in [0.1, 0.15) is 11.6 Å². The Morgan fingerprint density at radius 2 is 2.25 bits per heavy atom. The zero-order chi connectivity index (χ0) is 9.35. The lowest BCUT2D eigenvalue weighted by atomic mass is 10.5. The molecule has 0 unspecified atom stereocenters. The van der Waals surface area contributed by atoms with Crippen LogP contribution in [0.25, 0.3) is 0 Å². The highest BCUT2D eigenvalue weighted by Crippen LogP contribution is 2.09. The molecule has 1 aromatic rings. The van der Waals surface area contributed by atoms with Crippen molar-refractivity contribution < 1.29 is 8.42 Å². The second kappa shape index (κ2) is 3.06. The van der Waals surface area contributed by atoms with Crippen molar-refractivity contribution in [2.75, 3.05) is 0 Å². The van der Waals surface area contributed by atoms with Crippen molar-refractivity contribution in [2.24, 2.45) is 7.05 Å². The van der Waals surface area contributed by atoms with Crippen LogP contribution in [0, 0.1) is 6.92 Å². The van der Waals surface area contributed by atoms with Gasteiger partial charge in [-0.15, -0.1) is 0 Å². The minimum absolute atomic E-state index is 0.175. The van der Waals surface area contributed by atoms with Crippen LogP contribution in [0.3, 0.4) is 0 Å². The Balaban J connectivity index is 2.99. The molecule has 1 aromatic heterocycles. The molecule has 0 atom stereocenters. The Bertz CT molecular complexity index is 382. The number of aromatic nitrogens is 2. The summed E-state index contributed by atoms with van der Waals surface area (Å²) in [5, 5.41) is 0. The molecule has 0 aromatic carbocycles. The number of hydrogen-bond acceptors (Lipinski definition) is 3. The van der Waals surface area contributed by atoms with Gasteiger partial charge in [-0.05, 0) is 6.92 Å². The minimum atomic E-state index is -3.47. The van der Waals surface area contributed by atoms with Gasteiger partial charge in [0.15, 0.2) is 0 Å². The van der Waals surface area contributed by atoms with E-state index in [1.807, 2.05) is 0 Å². The van der Waals surface area contributed by atoms with Crippen molar-refractivity contribution in [1.29, 1.82) is 0 Å². The third-order valence-electron chi connectivity index (χ3n) is 1.64. The van der Waals surface area contributed by atoms with Crippen LogP contribution >= 0.6 is 10.7 Å². The van der Waals surface area contributed by atoms with Crippen molar-refractivity contribution in [3.8, 4) is 0 Å². The van der Waals surface area contributed by atoms with Gasteiger partial charge in [0.25, 0.3) is 0 Å². The maximum atomic E-state index is 10.7. The highest BCUT2D eigenvalue weighted by atomic mass is 35.7. The van der Waals surface area contributed by atoms with Crippen molar-refractivity contribution >= 4 is 19.7 Å². The van der Waals surface area contributed by atoms with Gasteiger partial charge in [0, 0.05) is 23.9 Å². The average molecular weight is 209 g/mol. The maximum Gasteiger partial charge on any atom is 0.238 e. The summed E-state index contributed by atoms with van der Waals surface area (Å²) in [5.74, 6) is 0.594. The van der Waals surface area contributed by atoms with E-state index >= 15 is 0 Å². The standard InChI is InChI=1S/C6H9ClN2O2S/c1-5-8-3-6(9(5)2)4-12(7,10)11/h3H,4H2,1-2H3. The summed E-state index contributed by atoms with van der Waals surface area (Å²) in [6.07, 6.45) is 1.51. The van der Waals surface area contributed by atoms with Crippen LogP contribution in [0.2, 0.25) is 0 Å². The van der Waals surface area contributed by atoms with E-state index in [1.54, 1.807) is 18.5 Å². The van der Waals surface area contributed by atoms with Crippen LogP contribution in [-0.2, 0) is 21.9 Å². The fraction of sp³-hybridized carbons (Fsp3) is 0.500. The van der Waals surface area contributed by atoms with E-state index in [0.717, 1.165) is 5.82 Å². The topological polar surface area (TPSA) is 52.0 Å². The van der Waals surface area contributed by atoms with Gasteiger partial charge in [0.2, 0.25) is 9.05 Å². The monoisotopic (exact) mass is 208 g/mol. The van der Waals surface area contributed by atoms with E-state index in [9.17, 15) is 8.42 Å². The molecule has 0 radical (unpaired) electrons. The second-order valence-corrected chi connectivity index (χ2v) is 5.32. The van der Waals surface area contributed by atoms with Gasteiger partial charge in [0.05, 0.1) is 5.69 Å². The van der Waals surface area contributed by atoms with Crippen LogP contribution in [0.4, 0.5) is 0 Å². The van der Waals surface area contributed by atoms with Crippen molar-refractivity contribution in [3.63, 3.8) is 0 Å². The normalized spacial score (nSPS) is 11.9. The molecule has 0 aliphatic carbocycles. The van der Waals surface area contributed by atoms with E-state index in [-0.39, 0.29) is 5.75 Å². The summed E-state index contributed by atoms with van der Waals surface area (Å²) in [6, 6.07) is 0. The Labute approximate surface area is 75.6 Å². The Morgan fingerprint density at radius 3 is 2.58 bits per heavy atom. The fourth-order valence-electron chi connectivity index (χ4n) is 0.860. The summed E-state index contributed by atoms with van der Waals surface area (Å²) in [4.78, 5) is 3.94. The predicted octanol–water partition coefficient (Wildman–Crippen LogP) is 0.797. The molecule has 0 N–H and O–H groups in total. The quantitative estimate of drug-likeness (QED) is 0.676. The lowest BCUT2D eigenvalue weighted by Crippen LogP contribution is -2.02. The SMILES string of the molecule is Cc1ncc(CS(=O)(=O)Cl)n1C. The molecular formula is C6H9ClN2O2S. The third kappa shape index (κ3) is 2.22. The molecule has 1 heterocycles. The number of hydrogen-bond donors (Lipinski definition) is 0. The summed E-state index contributed by atoms with van der Waals surface area (Å²) < 4.78 is 23.1. The Kier molecular flexibility index (Phi) is 2.44. The van der Waals surface area contributed by atoms with Gasteiger partial charge < -0.3 is 4.57 Å². The molecule has 4 nitrogen and oxygen atoms in total. The zero-order valence-corrected chi connectivity index (χ0v) is 8.35. The predicted molar refractivity (Wildman–Crippen MR) is 46.4 cm³/mol. The summed E-state index contributed by atoms with van der Waals surface area (Å²) in [7, 11) is 3.35. The molecule has 0 aliphatic rings. The van der Waals surface area contributed by atoms with E-state index in [4.69, 9.17) is 10.7 Å². The molecule has 6 heteroatoms. The zero-order valence-electron chi connectivity index (χ0n) is 6.78. The van der Waals surface area contributed by atoms with Crippen LogP contribution in [-0.4, -0.2) is 18.0 Å². The molecule has 0 aliphatic heterocycles. The van der Waals surface area contributed by atoms with Crippen LogP contribution in [0.5, 0.6) is 0 Å². The first kappa shape index (κ1) is 9.54. The first-order valence-electron chi connectivity index (χ1n) is 3.29. The summed E-state index contributed by atoms with van der Waals surface area (Å²) in [5.41, 5.74) is 0.600. The van der Waals surface area contributed by atoms with E-state index < -0.39 is 9.05 Å². The van der Waals surface area contributed by atoms with Crippen molar-refractivity contribution in [2.45, 2.75) is 12.7 Å². The summed E-state index contributed by atoms with van der Waals surface area (Å²) in [6.45, 7) is 1.80. The average Bonchev–Trinajstić information content (AvgIpc) is 2.16. The van der Waals surface area contributed by atoms with Crippen LogP contribution in [0.15, 0.2) is 6.20 Å². The van der Waals surface area contributed by atoms with Crippen molar-refractivity contribution in [3.05, 3.63) is 17.7 Å². The van der Waals surface area contributed by atoms with E-state index in [2.05, 4.69) is 4.98 Å². The highest BCUT2D eigenvalue weighted by molar-refractivity contribution is 8.13. The summed E-state index contributed by atoms with van der Waals surface area (Å²) >= 11 is 0.